The third-order valence-electron chi connectivity index (χ3n) is 2.68. The first-order chi connectivity index (χ1) is 12.0. The van der Waals surface area contributed by atoms with Gasteiger partial charge in [0.15, 0.2) is 5.78 Å². The summed E-state index contributed by atoms with van der Waals surface area (Å²) in [6, 6.07) is 0. The van der Waals surface area contributed by atoms with Crippen molar-refractivity contribution in [3.63, 3.8) is 0 Å². The van der Waals surface area contributed by atoms with Gasteiger partial charge in [0.1, 0.15) is 0 Å². The number of amides is 2. The number of hydrogen-bond acceptors (Lipinski definition) is 7. The van der Waals surface area contributed by atoms with Crippen LogP contribution in [0.1, 0.15) is 25.7 Å². The van der Waals surface area contributed by atoms with Crippen LogP contribution in [0, 0.1) is 0 Å². The molecule has 0 aromatic heterocycles. The van der Waals surface area contributed by atoms with Crippen LogP contribution in [0.3, 0.4) is 0 Å². The maximum Gasteiger partial charge on any atom is 0.408 e. The molecule has 9 heteroatoms. The number of carbonyl (C=O) groups excluding carboxylic acids is 4. The number of carbonyl (C=O) groups is 4. The van der Waals surface area contributed by atoms with Crippen LogP contribution in [-0.2, 0) is 23.8 Å². The molecule has 0 rings (SSSR count). The standard InChI is InChI=1S/C16H24N2O7/c1-3-13(19)8-7-11-25-16(22)18-12-17-15(21)24-10-6-5-9-23-14(20)4-2/h3-4H,1-2,5-12H2,(H,17,21)(H,18,22). The van der Waals surface area contributed by atoms with E-state index in [1.54, 1.807) is 0 Å². The summed E-state index contributed by atoms with van der Waals surface area (Å²) in [5.74, 6) is -0.615. The van der Waals surface area contributed by atoms with E-state index in [2.05, 4.69) is 23.8 Å². The number of ketones is 1. The molecule has 2 amide bonds. The van der Waals surface area contributed by atoms with Gasteiger partial charge < -0.3 is 24.8 Å². The lowest BCUT2D eigenvalue weighted by molar-refractivity contribution is -0.137. The van der Waals surface area contributed by atoms with E-state index < -0.39 is 18.2 Å². The van der Waals surface area contributed by atoms with Crippen molar-refractivity contribution >= 4 is 23.9 Å². The normalized spacial score (nSPS) is 9.44. The first-order valence-corrected chi connectivity index (χ1v) is 7.75. The van der Waals surface area contributed by atoms with E-state index in [1.165, 1.54) is 6.08 Å². The zero-order valence-electron chi connectivity index (χ0n) is 14.1. The maximum atomic E-state index is 11.3. The van der Waals surface area contributed by atoms with Crippen LogP contribution in [-0.4, -0.2) is 50.4 Å². The van der Waals surface area contributed by atoms with Crippen LogP contribution in [0.5, 0.6) is 0 Å². The van der Waals surface area contributed by atoms with Crippen LogP contribution in [0.2, 0.25) is 0 Å². The molecule has 0 saturated carbocycles. The van der Waals surface area contributed by atoms with Gasteiger partial charge in [-0.2, -0.15) is 0 Å². The van der Waals surface area contributed by atoms with Gasteiger partial charge in [0.2, 0.25) is 0 Å². The van der Waals surface area contributed by atoms with Gasteiger partial charge in [0.05, 0.1) is 26.5 Å². The van der Waals surface area contributed by atoms with Crippen molar-refractivity contribution in [1.29, 1.82) is 0 Å². The van der Waals surface area contributed by atoms with Crippen molar-refractivity contribution in [2.45, 2.75) is 25.7 Å². The second-order valence-corrected chi connectivity index (χ2v) is 4.65. The number of unbranched alkanes of at least 4 members (excludes halogenated alkanes) is 1. The Hall–Kier alpha value is -2.84. The molecule has 0 unspecified atom stereocenters. The molecule has 0 saturated heterocycles. The predicted octanol–water partition coefficient (Wildman–Crippen LogP) is 1.44. The minimum Gasteiger partial charge on any atom is -0.463 e. The van der Waals surface area contributed by atoms with Crippen LogP contribution in [0.15, 0.2) is 25.3 Å². The van der Waals surface area contributed by atoms with Crippen molar-refractivity contribution in [3.8, 4) is 0 Å². The summed E-state index contributed by atoms with van der Waals surface area (Å²) >= 11 is 0. The summed E-state index contributed by atoms with van der Waals surface area (Å²) in [6.45, 7) is 6.91. The summed E-state index contributed by atoms with van der Waals surface area (Å²) in [7, 11) is 0. The molecule has 25 heavy (non-hydrogen) atoms. The van der Waals surface area contributed by atoms with Crippen LogP contribution in [0.25, 0.3) is 0 Å². The molecule has 0 aromatic carbocycles. The van der Waals surface area contributed by atoms with Crippen molar-refractivity contribution in [1.82, 2.24) is 10.6 Å². The Balaban J connectivity index is 3.49. The van der Waals surface area contributed by atoms with Crippen LogP contribution in [0.4, 0.5) is 9.59 Å². The summed E-state index contributed by atoms with van der Waals surface area (Å²) in [5, 5.41) is 4.61. The van der Waals surface area contributed by atoms with E-state index in [0.29, 0.717) is 19.3 Å². The highest BCUT2D eigenvalue weighted by Gasteiger charge is 2.05. The predicted molar refractivity (Wildman–Crippen MR) is 88.7 cm³/mol. The number of alkyl carbamates (subject to hydrolysis) is 2. The van der Waals surface area contributed by atoms with E-state index in [1.807, 2.05) is 0 Å². The highest BCUT2D eigenvalue weighted by Crippen LogP contribution is 1.94. The lowest BCUT2D eigenvalue weighted by Gasteiger charge is -2.09. The molecule has 140 valence electrons. The van der Waals surface area contributed by atoms with E-state index in [4.69, 9.17) is 14.2 Å². The van der Waals surface area contributed by atoms with Gasteiger partial charge in [-0.15, -0.1) is 0 Å². The number of hydrogen-bond donors (Lipinski definition) is 2. The second kappa shape index (κ2) is 14.7. The van der Waals surface area contributed by atoms with Gasteiger partial charge in [-0.25, -0.2) is 14.4 Å². The summed E-state index contributed by atoms with van der Waals surface area (Å²) in [4.78, 5) is 44.3. The average molecular weight is 356 g/mol. The molecule has 0 bridgehead atoms. The highest BCUT2D eigenvalue weighted by molar-refractivity contribution is 5.88. The Morgan fingerprint density at radius 1 is 0.760 bits per heavy atom. The van der Waals surface area contributed by atoms with Gasteiger partial charge in [0.25, 0.3) is 0 Å². The maximum absolute atomic E-state index is 11.3. The van der Waals surface area contributed by atoms with E-state index in [-0.39, 0.29) is 38.7 Å². The van der Waals surface area contributed by atoms with Gasteiger partial charge in [0, 0.05) is 12.5 Å². The van der Waals surface area contributed by atoms with E-state index >= 15 is 0 Å². The Morgan fingerprint density at radius 3 is 1.80 bits per heavy atom. The molecule has 0 radical (unpaired) electrons. The summed E-state index contributed by atoms with van der Waals surface area (Å²) in [6.07, 6.45) is 2.61. The van der Waals surface area contributed by atoms with Crippen molar-refractivity contribution in [3.05, 3.63) is 25.3 Å². The Morgan fingerprint density at radius 2 is 1.28 bits per heavy atom. The fraction of sp³-hybridized carbons (Fsp3) is 0.500. The van der Waals surface area contributed by atoms with Crippen LogP contribution >= 0.6 is 0 Å². The minimum atomic E-state index is -0.713. The number of esters is 1. The number of allylic oxidation sites excluding steroid dienone is 1. The lowest BCUT2D eigenvalue weighted by Crippen LogP contribution is -2.38. The monoisotopic (exact) mass is 356 g/mol. The van der Waals surface area contributed by atoms with Gasteiger partial charge >= 0.3 is 18.2 Å². The fourth-order valence-electron chi connectivity index (χ4n) is 1.40. The topological polar surface area (TPSA) is 120 Å². The van der Waals surface area contributed by atoms with Crippen LogP contribution < -0.4 is 10.6 Å². The Labute approximate surface area is 146 Å². The van der Waals surface area contributed by atoms with Crippen molar-refractivity contribution in [2.75, 3.05) is 26.5 Å². The van der Waals surface area contributed by atoms with Crippen molar-refractivity contribution < 1.29 is 33.4 Å². The smallest absolute Gasteiger partial charge is 0.408 e. The molecular formula is C16H24N2O7. The molecule has 0 atom stereocenters. The van der Waals surface area contributed by atoms with Gasteiger partial charge in [-0.05, 0) is 25.3 Å². The summed E-state index contributed by atoms with van der Waals surface area (Å²) in [5.41, 5.74) is 0. The third kappa shape index (κ3) is 14.5. The summed E-state index contributed by atoms with van der Waals surface area (Å²) < 4.78 is 14.4. The van der Waals surface area contributed by atoms with Crippen molar-refractivity contribution in [2.24, 2.45) is 0 Å². The average Bonchev–Trinajstić information content (AvgIpc) is 2.61. The van der Waals surface area contributed by atoms with E-state index in [9.17, 15) is 19.2 Å². The quantitative estimate of drug-likeness (QED) is 0.168. The molecule has 0 aromatic rings. The molecule has 0 fully saturated rings. The van der Waals surface area contributed by atoms with E-state index in [0.717, 1.165) is 6.08 Å². The molecule has 0 aliphatic rings. The van der Waals surface area contributed by atoms with Gasteiger partial charge in [-0.3, -0.25) is 4.79 Å². The molecule has 0 heterocycles. The Kier molecular flexibility index (Phi) is 13.1. The zero-order valence-corrected chi connectivity index (χ0v) is 14.1. The molecular weight excluding hydrogens is 332 g/mol. The molecule has 0 spiro atoms. The third-order valence-corrected chi connectivity index (χ3v) is 2.68. The Bertz CT molecular complexity index is 477. The minimum absolute atomic E-state index is 0.0896. The van der Waals surface area contributed by atoms with Gasteiger partial charge in [-0.1, -0.05) is 13.2 Å². The molecule has 0 aliphatic heterocycles. The first kappa shape index (κ1) is 22.2. The lowest BCUT2D eigenvalue weighted by atomic mass is 10.2. The second-order valence-electron chi connectivity index (χ2n) is 4.65. The largest absolute Gasteiger partial charge is 0.463 e. The number of ether oxygens (including phenoxy) is 3. The first-order valence-electron chi connectivity index (χ1n) is 7.75. The number of nitrogens with one attached hydrogen (secondary N) is 2. The fourth-order valence-corrected chi connectivity index (χ4v) is 1.40. The molecule has 2 N–H and O–H groups in total. The molecule has 0 aliphatic carbocycles. The molecule has 9 nitrogen and oxygen atoms in total. The zero-order chi connectivity index (χ0) is 18.9. The highest BCUT2D eigenvalue weighted by atomic mass is 16.6. The number of rotatable bonds is 13. The SMILES string of the molecule is C=CC(=O)CCCOC(=O)NCNC(=O)OCCCCOC(=O)C=C.